The molecule has 1 aromatic carbocycles. The van der Waals surface area contributed by atoms with Crippen molar-refractivity contribution in [1.29, 1.82) is 0 Å². The van der Waals surface area contributed by atoms with Crippen LogP contribution in [0.3, 0.4) is 0 Å². The van der Waals surface area contributed by atoms with Crippen LogP contribution >= 0.6 is 23.2 Å². The molecule has 0 spiro atoms. The average Bonchev–Trinajstić information content (AvgIpc) is 2.50. The van der Waals surface area contributed by atoms with Crippen LogP contribution in [0.1, 0.15) is 25.3 Å². The van der Waals surface area contributed by atoms with E-state index in [1.54, 1.807) is 6.20 Å². The van der Waals surface area contributed by atoms with Crippen molar-refractivity contribution in [2.45, 2.75) is 25.6 Å². The van der Waals surface area contributed by atoms with Gasteiger partial charge in [0.25, 0.3) is 0 Å². The summed E-state index contributed by atoms with van der Waals surface area (Å²) in [7, 11) is 0. The number of halogens is 2. The van der Waals surface area contributed by atoms with Crippen LogP contribution in [0.2, 0.25) is 5.02 Å². The lowest BCUT2D eigenvalue weighted by Crippen LogP contribution is -2.20. The average molecular weight is 309 g/mol. The molecule has 2 aromatic rings. The van der Waals surface area contributed by atoms with Gasteiger partial charge in [-0.1, -0.05) is 43.1 Å². The Morgan fingerprint density at radius 1 is 1.20 bits per heavy atom. The number of benzene rings is 1. The third-order valence-electron chi connectivity index (χ3n) is 3.09. The first kappa shape index (κ1) is 15.1. The number of hydrogen-bond acceptors (Lipinski definition) is 2. The lowest BCUT2D eigenvalue weighted by atomic mass is 10.2. The molecule has 20 heavy (non-hydrogen) atoms. The van der Waals surface area contributed by atoms with Gasteiger partial charge in [0.2, 0.25) is 0 Å². The van der Waals surface area contributed by atoms with E-state index in [1.807, 2.05) is 24.3 Å². The van der Waals surface area contributed by atoms with E-state index in [-0.39, 0.29) is 0 Å². The molecule has 0 aliphatic carbocycles. The molecule has 106 valence electrons. The minimum absolute atomic E-state index is 0.424. The Labute approximate surface area is 130 Å². The summed E-state index contributed by atoms with van der Waals surface area (Å²) in [6.07, 6.45) is 4.00. The van der Waals surface area contributed by atoms with Crippen molar-refractivity contribution in [3.8, 4) is 0 Å². The molecule has 1 aromatic heterocycles. The molecule has 2 rings (SSSR count). The second-order valence-corrected chi connectivity index (χ2v) is 5.30. The van der Waals surface area contributed by atoms with E-state index >= 15 is 0 Å². The van der Waals surface area contributed by atoms with Gasteiger partial charge in [0.15, 0.2) is 5.82 Å². The maximum absolute atomic E-state index is 6.37. The van der Waals surface area contributed by atoms with Crippen LogP contribution < -0.4 is 4.90 Å². The van der Waals surface area contributed by atoms with Gasteiger partial charge in [0, 0.05) is 24.3 Å². The Hall–Kier alpha value is -1.25. The Morgan fingerprint density at radius 3 is 2.55 bits per heavy atom. The Balaban J connectivity index is 2.36. The highest BCUT2D eigenvalue weighted by Gasteiger charge is 2.14. The van der Waals surface area contributed by atoms with E-state index in [0.29, 0.717) is 10.9 Å². The van der Waals surface area contributed by atoms with E-state index < -0.39 is 0 Å². The number of anilines is 2. The number of aromatic nitrogens is 1. The van der Waals surface area contributed by atoms with Gasteiger partial charge in [0.05, 0.1) is 5.02 Å². The van der Waals surface area contributed by atoms with Gasteiger partial charge in [-0.2, -0.15) is 0 Å². The van der Waals surface area contributed by atoms with Gasteiger partial charge >= 0.3 is 0 Å². The molecule has 1 heterocycles. The van der Waals surface area contributed by atoms with Crippen molar-refractivity contribution >= 4 is 34.7 Å². The standard InChI is InChI=1S/C16H18Cl2N2/c1-2-3-9-20(14-7-5-4-6-8-14)16-15(18)10-13(11-17)12-19-16/h4-8,10,12H,2-3,9,11H2,1H3. The first-order chi connectivity index (χ1) is 9.76. The van der Waals surface area contributed by atoms with Crippen LogP contribution in [0.25, 0.3) is 0 Å². The minimum Gasteiger partial charge on any atom is -0.325 e. The number of nitrogens with zero attached hydrogens (tertiary/aromatic N) is 2. The van der Waals surface area contributed by atoms with Crippen molar-refractivity contribution in [2.24, 2.45) is 0 Å². The molecule has 0 saturated carbocycles. The fourth-order valence-electron chi connectivity index (χ4n) is 2.02. The van der Waals surface area contributed by atoms with Crippen LogP contribution in [0.4, 0.5) is 11.5 Å². The lowest BCUT2D eigenvalue weighted by Gasteiger charge is -2.24. The molecule has 4 heteroatoms. The molecule has 0 fully saturated rings. The van der Waals surface area contributed by atoms with Gasteiger partial charge in [-0.25, -0.2) is 4.98 Å². The van der Waals surface area contributed by atoms with Crippen molar-refractivity contribution in [3.63, 3.8) is 0 Å². The zero-order chi connectivity index (χ0) is 14.4. The molecule has 2 nitrogen and oxygen atoms in total. The maximum Gasteiger partial charge on any atom is 0.151 e. The number of unbranched alkanes of at least 4 members (excludes halogenated alkanes) is 1. The smallest absolute Gasteiger partial charge is 0.151 e. The van der Waals surface area contributed by atoms with Gasteiger partial charge in [0.1, 0.15) is 0 Å². The molecule has 0 N–H and O–H groups in total. The summed E-state index contributed by atoms with van der Waals surface area (Å²) in [5, 5.41) is 0.642. The summed E-state index contributed by atoms with van der Waals surface area (Å²) in [6.45, 7) is 3.07. The van der Waals surface area contributed by atoms with Crippen molar-refractivity contribution in [3.05, 3.63) is 53.2 Å². The fraction of sp³-hybridized carbons (Fsp3) is 0.312. The van der Waals surface area contributed by atoms with E-state index in [4.69, 9.17) is 23.2 Å². The topological polar surface area (TPSA) is 16.1 Å². The van der Waals surface area contributed by atoms with Crippen LogP contribution in [-0.2, 0) is 5.88 Å². The highest BCUT2D eigenvalue weighted by molar-refractivity contribution is 6.33. The lowest BCUT2D eigenvalue weighted by molar-refractivity contribution is 0.779. The predicted octanol–water partition coefficient (Wildman–Crippen LogP) is 5.41. The summed E-state index contributed by atoms with van der Waals surface area (Å²) >= 11 is 12.2. The normalized spacial score (nSPS) is 10.6. The summed E-state index contributed by atoms with van der Waals surface area (Å²) in [6, 6.07) is 12.1. The largest absolute Gasteiger partial charge is 0.325 e. The van der Waals surface area contributed by atoms with E-state index in [2.05, 4.69) is 28.9 Å². The van der Waals surface area contributed by atoms with Crippen LogP contribution in [0, 0.1) is 0 Å². The number of para-hydroxylation sites is 1. The van der Waals surface area contributed by atoms with Crippen molar-refractivity contribution in [1.82, 2.24) is 4.98 Å². The van der Waals surface area contributed by atoms with Gasteiger partial charge in [-0.05, 0) is 30.2 Å². The van der Waals surface area contributed by atoms with E-state index in [0.717, 1.165) is 36.5 Å². The number of hydrogen-bond donors (Lipinski definition) is 0. The quantitative estimate of drug-likeness (QED) is 0.663. The molecule has 0 radical (unpaired) electrons. The molecule has 0 aliphatic rings. The maximum atomic E-state index is 6.37. The summed E-state index contributed by atoms with van der Waals surface area (Å²) < 4.78 is 0. The zero-order valence-electron chi connectivity index (χ0n) is 11.5. The van der Waals surface area contributed by atoms with Crippen LogP contribution in [-0.4, -0.2) is 11.5 Å². The fourth-order valence-corrected chi connectivity index (χ4v) is 2.46. The third kappa shape index (κ3) is 3.65. The molecule has 0 amide bonds. The first-order valence-electron chi connectivity index (χ1n) is 6.79. The monoisotopic (exact) mass is 308 g/mol. The molecule has 0 bridgehead atoms. The Bertz CT molecular complexity index is 543. The van der Waals surface area contributed by atoms with Crippen molar-refractivity contribution < 1.29 is 0 Å². The summed E-state index contributed by atoms with van der Waals surface area (Å²) in [5.74, 6) is 1.22. The van der Waals surface area contributed by atoms with E-state index in [9.17, 15) is 0 Å². The first-order valence-corrected chi connectivity index (χ1v) is 7.70. The second kappa shape index (κ2) is 7.51. The van der Waals surface area contributed by atoms with E-state index in [1.165, 1.54) is 0 Å². The molecule has 0 aliphatic heterocycles. The third-order valence-corrected chi connectivity index (χ3v) is 3.68. The van der Waals surface area contributed by atoms with Gasteiger partial charge in [-0.3, -0.25) is 0 Å². The van der Waals surface area contributed by atoms with Gasteiger partial charge < -0.3 is 4.90 Å². The molecule has 0 unspecified atom stereocenters. The summed E-state index contributed by atoms with van der Waals surface area (Å²) in [5.41, 5.74) is 2.04. The number of rotatable bonds is 6. The molecular weight excluding hydrogens is 291 g/mol. The van der Waals surface area contributed by atoms with Crippen LogP contribution in [0.15, 0.2) is 42.6 Å². The minimum atomic E-state index is 0.424. The Kier molecular flexibility index (Phi) is 5.69. The number of alkyl halides is 1. The summed E-state index contributed by atoms with van der Waals surface area (Å²) in [4.78, 5) is 6.64. The van der Waals surface area contributed by atoms with Crippen LogP contribution in [0.5, 0.6) is 0 Å². The molecule has 0 saturated heterocycles. The number of pyridine rings is 1. The zero-order valence-corrected chi connectivity index (χ0v) is 13.0. The van der Waals surface area contributed by atoms with Gasteiger partial charge in [-0.15, -0.1) is 11.6 Å². The highest BCUT2D eigenvalue weighted by Crippen LogP contribution is 2.31. The molecule has 0 atom stereocenters. The predicted molar refractivity (Wildman–Crippen MR) is 87.2 cm³/mol. The van der Waals surface area contributed by atoms with Crippen molar-refractivity contribution in [2.75, 3.05) is 11.4 Å². The highest BCUT2D eigenvalue weighted by atomic mass is 35.5. The second-order valence-electron chi connectivity index (χ2n) is 4.62. The molecular formula is C16H18Cl2N2. The Morgan fingerprint density at radius 2 is 1.95 bits per heavy atom. The SMILES string of the molecule is CCCCN(c1ccccc1)c1ncc(CCl)cc1Cl.